The Hall–Kier alpha value is -1.00. The molecule has 2 aromatic rings. The molecule has 0 saturated heterocycles. The lowest BCUT2D eigenvalue weighted by molar-refractivity contribution is -0.384. The molecule has 0 aliphatic rings. The van der Waals surface area contributed by atoms with Crippen molar-refractivity contribution in [3.63, 3.8) is 0 Å². The highest BCUT2D eigenvalue weighted by atomic mass is 127. The number of thiophene rings is 1. The predicted octanol–water partition coefficient (Wildman–Crippen LogP) is 4.30. The third-order valence-electron chi connectivity index (χ3n) is 2.78. The van der Waals surface area contributed by atoms with E-state index in [1.54, 1.807) is 29.4 Å². The van der Waals surface area contributed by atoms with Gasteiger partial charge < -0.3 is 4.90 Å². The van der Waals surface area contributed by atoms with Gasteiger partial charge in [0.25, 0.3) is 11.6 Å². The first-order valence-corrected chi connectivity index (χ1v) is 8.56. The number of hydrogen-bond acceptors (Lipinski definition) is 4. The van der Waals surface area contributed by atoms with E-state index in [4.69, 9.17) is 0 Å². The van der Waals surface area contributed by atoms with Crippen molar-refractivity contribution < 1.29 is 9.72 Å². The van der Waals surface area contributed by atoms with E-state index in [9.17, 15) is 14.9 Å². The number of halogens is 2. The molecule has 0 aliphatic carbocycles. The van der Waals surface area contributed by atoms with E-state index in [0.29, 0.717) is 15.7 Å². The van der Waals surface area contributed by atoms with Gasteiger partial charge in [-0.25, -0.2) is 0 Å². The summed E-state index contributed by atoms with van der Waals surface area (Å²) >= 11 is 6.94. The Morgan fingerprint density at radius 1 is 1.48 bits per heavy atom. The third-order valence-corrected chi connectivity index (χ3v) is 5.27. The van der Waals surface area contributed by atoms with Crippen molar-refractivity contribution in [2.45, 2.75) is 6.54 Å². The Balaban J connectivity index is 2.22. The molecule has 21 heavy (non-hydrogen) atoms. The summed E-state index contributed by atoms with van der Waals surface area (Å²) in [6.45, 7) is 0.458. The van der Waals surface area contributed by atoms with Crippen LogP contribution in [0.25, 0.3) is 0 Å². The molecule has 1 aromatic heterocycles. The van der Waals surface area contributed by atoms with E-state index in [1.807, 2.05) is 34.0 Å². The maximum atomic E-state index is 12.4. The average molecular weight is 481 g/mol. The molecule has 1 aromatic carbocycles. The van der Waals surface area contributed by atoms with Gasteiger partial charge in [0.2, 0.25) is 0 Å². The Bertz CT molecular complexity index is 704. The number of hydrogen-bond donors (Lipinski definition) is 0. The van der Waals surface area contributed by atoms with Crippen molar-refractivity contribution in [1.29, 1.82) is 0 Å². The van der Waals surface area contributed by atoms with Gasteiger partial charge in [-0.1, -0.05) is 0 Å². The first-order valence-electron chi connectivity index (χ1n) is 5.81. The van der Waals surface area contributed by atoms with Crippen molar-refractivity contribution >= 4 is 61.5 Å². The largest absolute Gasteiger partial charge is 0.337 e. The lowest BCUT2D eigenvalue weighted by Gasteiger charge is -2.17. The highest BCUT2D eigenvalue weighted by Gasteiger charge is 2.19. The molecular weight excluding hydrogens is 471 g/mol. The Kier molecular flexibility index (Phi) is 5.33. The SMILES string of the molecule is CN(Cc1csc(Br)c1)C(=O)c1cc([N+](=O)[O-])ccc1I. The number of nitrogens with zero attached hydrogens (tertiary/aromatic N) is 2. The zero-order chi connectivity index (χ0) is 15.6. The Morgan fingerprint density at radius 2 is 2.19 bits per heavy atom. The van der Waals surface area contributed by atoms with E-state index in [1.165, 1.54) is 12.1 Å². The second-order valence-corrected chi connectivity index (χ2v) is 7.79. The number of amides is 1. The lowest BCUT2D eigenvalue weighted by atomic mass is 10.1. The fourth-order valence-electron chi connectivity index (χ4n) is 1.77. The van der Waals surface area contributed by atoms with Gasteiger partial charge in [0.1, 0.15) is 0 Å². The molecule has 8 heteroatoms. The van der Waals surface area contributed by atoms with Crippen LogP contribution in [0.4, 0.5) is 5.69 Å². The zero-order valence-corrected chi connectivity index (χ0v) is 15.4. The van der Waals surface area contributed by atoms with Crippen LogP contribution in [-0.4, -0.2) is 22.8 Å². The molecule has 0 fully saturated rings. The highest BCUT2D eigenvalue weighted by Crippen LogP contribution is 2.24. The minimum Gasteiger partial charge on any atom is -0.337 e. The van der Waals surface area contributed by atoms with Crippen molar-refractivity contribution in [1.82, 2.24) is 4.90 Å². The van der Waals surface area contributed by atoms with Gasteiger partial charge in [-0.15, -0.1) is 11.3 Å². The van der Waals surface area contributed by atoms with Crippen LogP contribution in [0.2, 0.25) is 0 Å². The van der Waals surface area contributed by atoms with Crippen LogP contribution < -0.4 is 0 Å². The fourth-order valence-corrected chi connectivity index (χ4v) is 3.54. The molecule has 0 radical (unpaired) electrons. The molecule has 5 nitrogen and oxygen atoms in total. The van der Waals surface area contributed by atoms with Gasteiger partial charge in [-0.05, 0) is 61.6 Å². The number of nitro benzene ring substituents is 1. The molecule has 0 atom stereocenters. The van der Waals surface area contributed by atoms with Crippen LogP contribution in [0.1, 0.15) is 15.9 Å². The first-order chi connectivity index (χ1) is 9.88. The monoisotopic (exact) mass is 480 g/mol. The summed E-state index contributed by atoms with van der Waals surface area (Å²) in [6, 6.07) is 6.26. The van der Waals surface area contributed by atoms with Crippen LogP contribution >= 0.6 is 49.9 Å². The summed E-state index contributed by atoms with van der Waals surface area (Å²) in [4.78, 5) is 24.3. The normalized spacial score (nSPS) is 10.4. The molecule has 0 spiro atoms. The summed E-state index contributed by atoms with van der Waals surface area (Å²) in [5.41, 5.74) is 1.29. The molecule has 2 rings (SSSR count). The van der Waals surface area contributed by atoms with Crippen LogP contribution in [0.3, 0.4) is 0 Å². The van der Waals surface area contributed by atoms with Crippen molar-refractivity contribution in [3.8, 4) is 0 Å². The second kappa shape index (κ2) is 6.84. The molecule has 110 valence electrons. The van der Waals surface area contributed by atoms with Crippen LogP contribution in [0, 0.1) is 13.7 Å². The maximum absolute atomic E-state index is 12.4. The minimum atomic E-state index is -0.497. The smallest absolute Gasteiger partial charge is 0.270 e. The molecule has 0 bridgehead atoms. The average Bonchev–Trinajstić information content (AvgIpc) is 2.83. The lowest BCUT2D eigenvalue weighted by Crippen LogP contribution is -2.26. The standard InChI is InChI=1S/C13H10BrIN2O3S/c1-16(6-8-4-12(14)21-7-8)13(18)10-5-9(17(19)20)2-3-11(10)15/h2-5,7H,6H2,1H3. The van der Waals surface area contributed by atoms with Gasteiger partial charge in [-0.2, -0.15) is 0 Å². The molecule has 1 amide bonds. The minimum absolute atomic E-state index is 0.0783. The number of rotatable bonds is 4. The predicted molar refractivity (Wildman–Crippen MR) is 93.6 cm³/mol. The van der Waals surface area contributed by atoms with E-state index in [2.05, 4.69) is 15.9 Å². The Morgan fingerprint density at radius 3 is 2.76 bits per heavy atom. The number of nitro groups is 1. The first kappa shape index (κ1) is 16.4. The summed E-state index contributed by atoms with van der Waals surface area (Å²) in [7, 11) is 1.68. The van der Waals surface area contributed by atoms with Crippen molar-refractivity contribution in [3.05, 3.63) is 58.2 Å². The highest BCUT2D eigenvalue weighted by molar-refractivity contribution is 14.1. The quantitative estimate of drug-likeness (QED) is 0.372. The number of non-ortho nitro benzene ring substituents is 1. The fraction of sp³-hybridized carbons (Fsp3) is 0.154. The maximum Gasteiger partial charge on any atom is 0.270 e. The second-order valence-electron chi connectivity index (χ2n) is 4.34. The molecule has 0 aliphatic heterocycles. The molecular formula is C13H10BrIN2O3S. The van der Waals surface area contributed by atoms with Crippen LogP contribution in [0.15, 0.2) is 33.4 Å². The van der Waals surface area contributed by atoms with Gasteiger partial charge >= 0.3 is 0 Å². The van der Waals surface area contributed by atoms with Crippen LogP contribution in [-0.2, 0) is 6.54 Å². The molecule has 0 N–H and O–H groups in total. The topological polar surface area (TPSA) is 63.5 Å². The van der Waals surface area contributed by atoms with Crippen LogP contribution in [0.5, 0.6) is 0 Å². The summed E-state index contributed by atoms with van der Waals surface area (Å²) in [5.74, 6) is -0.231. The van der Waals surface area contributed by atoms with E-state index >= 15 is 0 Å². The van der Waals surface area contributed by atoms with Gasteiger partial charge in [0, 0.05) is 29.3 Å². The number of carbonyl (C=O) groups is 1. The van der Waals surface area contributed by atoms with E-state index in [0.717, 1.165) is 9.35 Å². The Labute approximate surface area is 147 Å². The number of carbonyl (C=O) groups excluding carboxylic acids is 1. The van der Waals surface area contributed by atoms with E-state index < -0.39 is 4.92 Å². The van der Waals surface area contributed by atoms with E-state index in [-0.39, 0.29) is 11.6 Å². The zero-order valence-electron chi connectivity index (χ0n) is 10.9. The summed E-state index contributed by atoms with van der Waals surface area (Å²) in [6.07, 6.45) is 0. The molecule has 0 saturated carbocycles. The van der Waals surface area contributed by atoms with Gasteiger partial charge in [0.05, 0.1) is 14.3 Å². The van der Waals surface area contributed by atoms with Crippen molar-refractivity contribution in [2.24, 2.45) is 0 Å². The van der Waals surface area contributed by atoms with Gasteiger partial charge in [-0.3, -0.25) is 14.9 Å². The summed E-state index contributed by atoms with van der Waals surface area (Å²) in [5, 5.41) is 12.8. The third kappa shape index (κ3) is 4.01. The summed E-state index contributed by atoms with van der Waals surface area (Å²) < 4.78 is 1.70. The van der Waals surface area contributed by atoms with Crippen molar-refractivity contribution in [2.75, 3.05) is 7.05 Å². The molecule has 1 heterocycles. The number of benzene rings is 1. The molecule has 0 unspecified atom stereocenters. The van der Waals surface area contributed by atoms with Gasteiger partial charge in [0.15, 0.2) is 0 Å².